The molecule has 0 atom stereocenters. The second-order valence-corrected chi connectivity index (χ2v) is 5.59. The maximum absolute atomic E-state index is 5.61. The molecule has 3 heteroatoms. The van der Waals surface area contributed by atoms with E-state index in [0.29, 0.717) is 0 Å². The van der Waals surface area contributed by atoms with E-state index in [1.807, 2.05) is 30.3 Å². The van der Waals surface area contributed by atoms with E-state index < -0.39 is 0 Å². The van der Waals surface area contributed by atoms with Gasteiger partial charge in [-0.15, -0.1) is 23.2 Å². The molecule has 0 bridgehead atoms. The van der Waals surface area contributed by atoms with Gasteiger partial charge in [-0.25, -0.2) is 0 Å². The Morgan fingerprint density at radius 1 is 1.10 bits per heavy atom. The third kappa shape index (κ3) is 2.73. The summed E-state index contributed by atoms with van der Waals surface area (Å²) in [5.41, 5.74) is 0. The van der Waals surface area contributed by atoms with E-state index in [2.05, 4.69) is 0 Å². The molecule has 0 nitrogen and oxygen atoms in total. The molecule has 0 unspecified atom stereocenters. The van der Waals surface area contributed by atoms with Crippen LogP contribution in [0.3, 0.4) is 0 Å². The largest absolute Gasteiger partial charge is 0.110 e. The van der Waals surface area contributed by atoms with Gasteiger partial charge in [-0.2, -0.15) is 0 Å². The molecule has 1 aromatic carbocycles. The molecule has 1 aromatic rings. The van der Waals surface area contributed by atoms with Crippen LogP contribution < -0.4 is 5.19 Å². The Kier molecular flexibility index (Phi) is 3.26. The summed E-state index contributed by atoms with van der Waals surface area (Å²) in [7, 11) is 0.0230. The highest BCUT2D eigenvalue weighted by atomic mass is 35.5. The van der Waals surface area contributed by atoms with Crippen molar-refractivity contribution >= 4 is 37.9 Å². The molecule has 0 heterocycles. The van der Waals surface area contributed by atoms with Crippen molar-refractivity contribution in [2.24, 2.45) is 0 Å². The molecule has 1 radical (unpaired) electrons. The molecule has 1 rings (SSSR count). The summed E-state index contributed by atoms with van der Waals surface area (Å²) in [5, 5.41) is 1.26. The molecule has 0 fully saturated rings. The van der Waals surface area contributed by atoms with Crippen molar-refractivity contribution in [2.45, 2.75) is 4.46 Å². The number of rotatable bonds is 2. The molecule has 10 heavy (non-hydrogen) atoms. The predicted molar refractivity (Wildman–Crippen MR) is 48.7 cm³/mol. The Morgan fingerprint density at radius 2 is 1.70 bits per heavy atom. The molecule has 0 saturated heterocycles. The molecule has 0 amide bonds. The number of hydrogen-bond donors (Lipinski definition) is 0. The predicted octanol–water partition coefficient (Wildman–Crippen LogP) is 1.51. The van der Waals surface area contributed by atoms with Crippen molar-refractivity contribution in [3.05, 3.63) is 30.3 Å². The van der Waals surface area contributed by atoms with Gasteiger partial charge in [0.1, 0.15) is 9.52 Å². The summed E-state index contributed by atoms with van der Waals surface area (Å²) in [6.45, 7) is 0. The van der Waals surface area contributed by atoms with E-state index in [0.717, 1.165) is 0 Å². The van der Waals surface area contributed by atoms with Gasteiger partial charge in [0, 0.05) is 0 Å². The standard InChI is InChI=1S/C7H7Cl2Si/c8-7(9)10-6-4-2-1-3-5-6/h1-5,7,10H. The number of alkyl halides is 2. The molecule has 0 saturated carbocycles. The third-order valence-electron chi connectivity index (χ3n) is 1.12. The van der Waals surface area contributed by atoms with Gasteiger partial charge >= 0.3 is 0 Å². The lowest BCUT2D eigenvalue weighted by Gasteiger charge is -1.97. The van der Waals surface area contributed by atoms with Gasteiger partial charge in [-0.3, -0.25) is 0 Å². The van der Waals surface area contributed by atoms with Gasteiger partial charge in [0.05, 0.1) is 4.46 Å². The van der Waals surface area contributed by atoms with Gasteiger partial charge < -0.3 is 0 Å². The van der Waals surface area contributed by atoms with Crippen LogP contribution in [0.25, 0.3) is 0 Å². The molecule has 0 aliphatic heterocycles. The van der Waals surface area contributed by atoms with Gasteiger partial charge in [0.15, 0.2) is 0 Å². The van der Waals surface area contributed by atoms with Crippen LogP contribution in [0.4, 0.5) is 0 Å². The van der Waals surface area contributed by atoms with E-state index in [1.54, 1.807) is 0 Å². The first-order chi connectivity index (χ1) is 4.79. The zero-order valence-electron chi connectivity index (χ0n) is 5.30. The molecule has 0 aliphatic carbocycles. The molecular formula is C7H7Cl2Si. The van der Waals surface area contributed by atoms with Crippen molar-refractivity contribution in [1.29, 1.82) is 0 Å². The van der Waals surface area contributed by atoms with Crippen molar-refractivity contribution < 1.29 is 0 Å². The van der Waals surface area contributed by atoms with Crippen LogP contribution in [0.5, 0.6) is 0 Å². The Bertz CT molecular complexity index is 186. The third-order valence-corrected chi connectivity index (χ3v) is 2.90. The van der Waals surface area contributed by atoms with Gasteiger partial charge in [0.2, 0.25) is 0 Å². The highest BCUT2D eigenvalue weighted by molar-refractivity contribution is 6.75. The average Bonchev–Trinajstić information content (AvgIpc) is 1.88. The minimum absolute atomic E-state index is 0.0230. The van der Waals surface area contributed by atoms with Gasteiger partial charge in [0.25, 0.3) is 0 Å². The molecule has 0 spiro atoms. The first-order valence-corrected chi connectivity index (χ1v) is 5.09. The lowest BCUT2D eigenvalue weighted by atomic mass is 10.4. The summed E-state index contributed by atoms with van der Waals surface area (Å²) in [6, 6.07) is 10.1. The second kappa shape index (κ2) is 4.01. The summed E-state index contributed by atoms with van der Waals surface area (Å²) in [5.74, 6) is 0. The van der Waals surface area contributed by atoms with Crippen LogP contribution >= 0.6 is 23.2 Å². The van der Waals surface area contributed by atoms with Crippen LogP contribution in [-0.2, 0) is 0 Å². The highest BCUT2D eigenvalue weighted by Gasteiger charge is 2.00. The second-order valence-electron chi connectivity index (χ2n) is 1.91. The first-order valence-electron chi connectivity index (χ1n) is 2.97. The Labute approximate surface area is 73.0 Å². The summed E-state index contributed by atoms with van der Waals surface area (Å²) in [4.78, 5) is 0. The van der Waals surface area contributed by atoms with Crippen molar-refractivity contribution in [3.63, 3.8) is 0 Å². The normalized spacial score (nSPS) is 10.3. The van der Waals surface area contributed by atoms with Crippen molar-refractivity contribution in [1.82, 2.24) is 0 Å². The number of halogens is 2. The van der Waals surface area contributed by atoms with Crippen LogP contribution in [0.15, 0.2) is 30.3 Å². The topological polar surface area (TPSA) is 0 Å². The van der Waals surface area contributed by atoms with Gasteiger partial charge in [-0.1, -0.05) is 35.5 Å². The van der Waals surface area contributed by atoms with E-state index in [1.165, 1.54) is 5.19 Å². The summed E-state index contributed by atoms with van der Waals surface area (Å²) < 4.78 is -0.206. The highest BCUT2D eigenvalue weighted by Crippen LogP contribution is 1.97. The monoisotopic (exact) mass is 189 g/mol. The SMILES string of the molecule is ClC(Cl)[SiH]c1ccccc1. The van der Waals surface area contributed by atoms with Crippen molar-refractivity contribution in [2.75, 3.05) is 0 Å². The molecule has 0 aromatic heterocycles. The summed E-state index contributed by atoms with van der Waals surface area (Å²) in [6.07, 6.45) is 0. The number of hydrogen-bond acceptors (Lipinski definition) is 0. The van der Waals surface area contributed by atoms with E-state index in [4.69, 9.17) is 23.2 Å². The quantitative estimate of drug-likeness (QED) is 0.489. The fourth-order valence-electron chi connectivity index (χ4n) is 0.710. The molecule has 0 aliphatic rings. The maximum atomic E-state index is 5.61. The fraction of sp³-hybridized carbons (Fsp3) is 0.143. The minimum atomic E-state index is -0.206. The van der Waals surface area contributed by atoms with E-state index in [9.17, 15) is 0 Å². The van der Waals surface area contributed by atoms with E-state index >= 15 is 0 Å². The van der Waals surface area contributed by atoms with E-state index in [-0.39, 0.29) is 14.0 Å². The Morgan fingerprint density at radius 3 is 2.20 bits per heavy atom. The van der Waals surface area contributed by atoms with Crippen LogP contribution in [-0.4, -0.2) is 14.0 Å². The summed E-state index contributed by atoms with van der Waals surface area (Å²) >= 11 is 11.2. The zero-order chi connectivity index (χ0) is 7.40. The molecule has 0 N–H and O–H groups in total. The Balaban J connectivity index is 2.59. The average molecular weight is 190 g/mol. The number of benzene rings is 1. The van der Waals surface area contributed by atoms with Crippen molar-refractivity contribution in [3.8, 4) is 0 Å². The maximum Gasteiger partial charge on any atom is 0.108 e. The Hall–Kier alpha value is 0.0169. The fourth-order valence-corrected chi connectivity index (χ4v) is 2.32. The molecule has 53 valence electrons. The van der Waals surface area contributed by atoms with Crippen LogP contribution in [0.1, 0.15) is 0 Å². The molecular weight excluding hydrogens is 183 g/mol. The smallest absolute Gasteiger partial charge is 0.108 e. The van der Waals surface area contributed by atoms with Crippen LogP contribution in [0, 0.1) is 0 Å². The zero-order valence-corrected chi connectivity index (χ0v) is 7.96. The van der Waals surface area contributed by atoms with Crippen LogP contribution in [0.2, 0.25) is 0 Å². The first kappa shape index (κ1) is 8.12. The minimum Gasteiger partial charge on any atom is -0.110 e. The lowest BCUT2D eigenvalue weighted by Crippen LogP contribution is -2.19. The lowest BCUT2D eigenvalue weighted by molar-refractivity contribution is 1.75. The van der Waals surface area contributed by atoms with Gasteiger partial charge in [-0.05, 0) is 0 Å².